The van der Waals surface area contributed by atoms with Crippen molar-refractivity contribution in [2.75, 3.05) is 6.54 Å². The molecule has 54 valence electrons. The maximum atomic E-state index is 10.2. The molecule has 0 aromatic rings. The Hall–Kier alpha value is -0.220. The first-order chi connectivity index (χ1) is 4.16. The fraction of sp³-hybridized carbons (Fsp3) is 0.800. The SMILES string of the molecule is CC(CN[S-])CC(N)=O. The van der Waals surface area contributed by atoms with E-state index in [0.717, 1.165) is 0 Å². The molecular weight excluding hydrogens is 136 g/mol. The van der Waals surface area contributed by atoms with Crippen LogP contribution < -0.4 is 10.5 Å². The summed E-state index contributed by atoms with van der Waals surface area (Å²) in [5.41, 5.74) is 4.92. The molecule has 0 bridgehead atoms. The first kappa shape index (κ1) is 8.78. The number of hydrogen-bond acceptors (Lipinski definition) is 3. The highest BCUT2D eigenvalue weighted by Crippen LogP contribution is 1.96. The number of nitrogens with one attached hydrogen (secondary N) is 1. The Morgan fingerprint density at radius 1 is 1.89 bits per heavy atom. The van der Waals surface area contributed by atoms with Crippen LogP contribution in [0.2, 0.25) is 0 Å². The third-order valence-corrected chi connectivity index (χ3v) is 1.15. The Bertz CT molecular complexity index is 97.0. The van der Waals surface area contributed by atoms with E-state index in [2.05, 4.69) is 17.5 Å². The Morgan fingerprint density at radius 3 is 2.78 bits per heavy atom. The first-order valence-corrected chi connectivity index (χ1v) is 3.21. The molecule has 1 amide bonds. The minimum atomic E-state index is -0.271. The molecule has 1 unspecified atom stereocenters. The monoisotopic (exact) mass is 147 g/mol. The molecule has 3 N–H and O–H groups in total. The van der Waals surface area contributed by atoms with Crippen molar-refractivity contribution in [3.63, 3.8) is 0 Å². The fourth-order valence-corrected chi connectivity index (χ4v) is 0.842. The van der Waals surface area contributed by atoms with Crippen LogP contribution in [0.3, 0.4) is 0 Å². The predicted molar refractivity (Wildman–Crippen MR) is 38.3 cm³/mol. The van der Waals surface area contributed by atoms with Gasteiger partial charge in [-0.05, 0) is 12.5 Å². The average molecular weight is 147 g/mol. The number of nitrogens with two attached hydrogens (primary N) is 1. The first-order valence-electron chi connectivity index (χ1n) is 2.80. The van der Waals surface area contributed by atoms with E-state index in [-0.39, 0.29) is 11.8 Å². The molecule has 1 atom stereocenters. The second kappa shape index (κ2) is 4.64. The fourth-order valence-electron chi connectivity index (χ4n) is 0.558. The topological polar surface area (TPSA) is 55.1 Å². The van der Waals surface area contributed by atoms with Crippen LogP contribution in [0.4, 0.5) is 0 Å². The van der Waals surface area contributed by atoms with Gasteiger partial charge in [0.2, 0.25) is 5.91 Å². The van der Waals surface area contributed by atoms with Crippen LogP contribution in [-0.2, 0) is 17.6 Å². The van der Waals surface area contributed by atoms with Gasteiger partial charge in [-0.3, -0.25) is 4.79 Å². The number of carbonyl (C=O) groups excluding carboxylic acids is 1. The summed E-state index contributed by atoms with van der Waals surface area (Å²) in [6.07, 6.45) is 0.406. The van der Waals surface area contributed by atoms with Crippen LogP contribution in [0.1, 0.15) is 13.3 Å². The summed E-state index contributed by atoms with van der Waals surface area (Å²) >= 11 is 4.48. The number of amides is 1. The number of primary amides is 1. The van der Waals surface area contributed by atoms with Gasteiger partial charge in [0.25, 0.3) is 0 Å². The van der Waals surface area contributed by atoms with Crippen molar-refractivity contribution >= 4 is 18.7 Å². The Labute approximate surface area is 60.5 Å². The molecule has 0 spiro atoms. The third kappa shape index (κ3) is 5.65. The van der Waals surface area contributed by atoms with Crippen LogP contribution in [0.15, 0.2) is 0 Å². The molecule has 0 heterocycles. The molecule has 0 aliphatic carbocycles. The predicted octanol–water partition coefficient (Wildman–Crippen LogP) is -0.451. The van der Waals surface area contributed by atoms with Gasteiger partial charge in [0.05, 0.1) is 0 Å². The minimum Gasteiger partial charge on any atom is -0.705 e. The zero-order valence-corrected chi connectivity index (χ0v) is 6.20. The van der Waals surface area contributed by atoms with Gasteiger partial charge in [-0.1, -0.05) is 6.92 Å². The van der Waals surface area contributed by atoms with Gasteiger partial charge in [-0.2, -0.15) is 0 Å². The third-order valence-electron chi connectivity index (χ3n) is 0.981. The van der Waals surface area contributed by atoms with E-state index < -0.39 is 0 Å². The molecule has 3 nitrogen and oxygen atoms in total. The molecule has 0 saturated heterocycles. The van der Waals surface area contributed by atoms with Gasteiger partial charge in [-0.25, -0.2) is 0 Å². The lowest BCUT2D eigenvalue weighted by Crippen LogP contribution is -2.21. The van der Waals surface area contributed by atoms with Crippen LogP contribution in [0.25, 0.3) is 0 Å². The lowest BCUT2D eigenvalue weighted by Gasteiger charge is -2.12. The van der Waals surface area contributed by atoms with E-state index >= 15 is 0 Å². The van der Waals surface area contributed by atoms with Crippen LogP contribution >= 0.6 is 0 Å². The molecular formula is C5H11N2OS-. The van der Waals surface area contributed by atoms with Gasteiger partial charge in [0, 0.05) is 6.42 Å². The van der Waals surface area contributed by atoms with E-state index in [1.54, 1.807) is 0 Å². The minimum absolute atomic E-state index is 0.250. The normalized spacial score (nSPS) is 13.1. The summed E-state index contributed by atoms with van der Waals surface area (Å²) in [6.45, 7) is 2.59. The highest BCUT2D eigenvalue weighted by Gasteiger charge is 2.01. The highest BCUT2D eigenvalue weighted by molar-refractivity contribution is 7.56. The molecule has 0 aliphatic rings. The van der Waals surface area contributed by atoms with Gasteiger partial charge in [0.1, 0.15) is 0 Å². The highest BCUT2D eigenvalue weighted by atomic mass is 32.1. The molecule has 9 heavy (non-hydrogen) atoms. The zero-order chi connectivity index (χ0) is 7.28. The molecule has 0 rings (SSSR count). The molecule has 0 fully saturated rings. The molecule has 4 heteroatoms. The Morgan fingerprint density at radius 2 is 2.44 bits per heavy atom. The maximum Gasteiger partial charge on any atom is 0.217 e. The summed E-state index contributed by atoms with van der Waals surface area (Å²) in [4.78, 5) is 10.2. The number of hydrogen-bond donors (Lipinski definition) is 2. The number of rotatable bonds is 4. The summed E-state index contributed by atoms with van der Waals surface area (Å²) in [7, 11) is 0. The van der Waals surface area contributed by atoms with Crippen LogP contribution in [0.5, 0.6) is 0 Å². The summed E-state index contributed by atoms with van der Waals surface area (Å²) < 4.78 is 2.55. The van der Waals surface area contributed by atoms with E-state index in [1.165, 1.54) is 0 Å². The van der Waals surface area contributed by atoms with Crippen LogP contribution in [0, 0.1) is 5.92 Å². The van der Waals surface area contributed by atoms with Gasteiger partial charge < -0.3 is 23.3 Å². The molecule has 0 saturated carbocycles. The lowest BCUT2D eigenvalue weighted by atomic mass is 10.1. The summed E-state index contributed by atoms with van der Waals surface area (Å²) in [6, 6.07) is 0. The lowest BCUT2D eigenvalue weighted by molar-refractivity contribution is -0.118. The van der Waals surface area contributed by atoms with Crippen molar-refractivity contribution in [1.29, 1.82) is 0 Å². The van der Waals surface area contributed by atoms with Gasteiger partial charge >= 0.3 is 0 Å². The van der Waals surface area contributed by atoms with Crippen molar-refractivity contribution in [1.82, 2.24) is 4.72 Å². The maximum absolute atomic E-state index is 10.2. The van der Waals surface area contributed by atoms with Crippen LogP contribution in [-0.4, -0.2) is 12.5 Å². The smallest absolute Gasteiger partial charge is 0.217 e. The molecule has 0 aromatic heterocycles. The zero-order valence-electron chi connectivity index (χ0n) is 5.39. The van der Waals surface area contributed by atoms with E-state index in [1.807, 2.05) is 6.92 Å². The Kier molecular flexibility index (Phi) is 4.53. The van der Waals surface area contributed by atoms with E-state index in [4.69, 9.17) is 5.73 Å². The van der Waals surface area contributed by atoms with Gasteiger partial charge in [-0.15, -0.1) is 0 Å². The molecule has 0 aromatic carbocycles. The van der Waals surface area contributed by atoms with Crippen molar-refractivity contribution in [3.05, 3.63) is 0 Å². The second-order valence-corrected chi connectivity index (χ2v) is 2.41. The summed E-state index contributed by atoms with van der Waals surface area (Å²) in [5.74, 6) is -0.0206. The van der Waals surface area contributed by atoms with Gasteiger partial charge in [0.15, 0.2) is 0 Å². The Balaban J connectivity index is 3.26. The van der Waals surface area contributed by atoms with E-state index in [0.29, 0.717) is 13.0 Å². The van der Waals surface area contributed by atoms with Crippen molar-refractivity contribution in [2.45, 2.75) is 13.3 Å². The molecule has 0 aliphatic heterocycles. The van der Waals surface area contributed by atoms with Crippen molar-refractivity contribution in [3.8, 4) is 0 Å². The van der Waals surface area contributed by atoms with Crippen molar-refractivity contribution < 1.29 is 4.79 Å². The number of carbonyl (C=O) groups is 1. The molecule has 0 radical (unpaired) electrons. The standard InChI is InChI=1S/C5H11N2OS/c1-4(3-7-9)2-5(6)8/h4,7H,2-3H2,1H3,(H2,6,8)/q-1. The quantitative estimate of drug-likeness (QED) is 0.529. The average Bonchev–Trinajstić information content (AvgIpc) is 1.63. The summed E-state index contributed by atoms with van der Waals surface area (Å²) in [5, 5.41) is 0. The second-order valence-electron chi connectivity index (χ2n) is 2.12. The van der Waals surface area contributed by atoms with E-state index in [9.17, 15) is 4.79 Å². The largest absolute Gasteiger partial charge is 0.705 e. The van der Waals surface area contributed by atoms with Crippen molar-refractivity contribution in [2.24, 2.45) is 11.7 Å².